The van der Waals surface area contributed by atoms with Crippen LogP contribution < -0.4 is 5.32 Å². The van der Waals surface area contributed by atoms with Crippen molar-refractivity contribution in [1.82, 2.24) is 9.97 Å². The molecule has 2 rings (SSSR count). The van der Waals surface area contributed by atoms with Gasteiger partial charge in [-0.1, -0.05) is 31.1 Å². The van der Waals surface area contributed by atoms with Crippen molar-refractivity contribution in [3.63, 3.8) is 0 Å². The van der Waals surface area contributed by atoms with Gasteiger partial charge in [0.15, 0.2) is 5.82 Å². The van der Waals surface area contributed by atoms with Crippen LogP contribution in [-0.4, -0.2) is 28.7 Å². The van der Waals surface area contributed by atoms with Crippen LogP contribution in [0.4, 0.5) is 5.69 Å². The average Bonchev–Trinajstić information content (AvgIpc) is 2.63. The van der Waals surface area contributed by atoms with E-state index < -0.39 is 0 Å². The molecule has 1 amide bonds. The van der Waals surface area contributed by atoms with Crippen molar-refractivity contribution in [3.8, 4) is 11.4 Å². The SMILES string of the molecule is CCC(C)c1nc(-c2cccc(NC(=O)/C(C)=N/OC)c2C)ncc1C. The van der Waals surface area contributed by atoms with E-state index in [2.05, 4.69) is 34.1 Å². The van der Waals surface area contributed by atoms with Gasteiger partial charge in [0.25, 0.3) is 5.91 Å². The normalized spacial score (nSPS) is 12.6. The number of carbonyl (C=O) groups is 1. The van der Waals surface area contributed by atoms with E-state index >= 15 is 0 Å². The van der Waals surface area contributed by atoms with Gasteiger partial charge in [0.1, 0.15) is 12.8 Å². The number of hydrogen-bond acceptors (Lipinski definition) is 5. The van der Waals surface area contributed by atoms with Crippen LogP contribution in [0.2, 0.25) is 0 Å². The number of amides is 1. The molecule has 1 unspecified atom stereocenters. The first-order chi connectivity index (χ1) is 12.4. The quantitative estimate of drug-likeness (QED) is 0.622. The fourth-order valence-electron chi connectivity index (χ4n) is 2.68. The van der Waals surface area contributed by atoms with Gasteiger partial charge in [0.2, 0.25) is 0 Å². The molecule has 1 aromatic heterocycles. The van der Waals surface area contributed by atoms with Crippen molar-refractivity contribution >= 4 is 17.3 Å². The van der Waals surface area contributed by atoms with E-state index in [1.54, 1.807) is 6.92 Å². The fraction of sp³-hybridized carbons (Fsp3) is 0.400. The molecule has 0 saturated heterocycles. The Kier molecular flexibility index (Phi) is 6.44. The summed E-state index contributed by atoms with van der Waals surface area (Å²) in [6.45, 7) is 9.89. The molecule has 1 atom stereocenters. The van der Waals surface area contributed by atoms with Gasteiger partial charge in [-0.2, -0.15) is 0 Å². The standard InChI is InChI=1S/C20H26N4O2/c1-7-12(2)18-13(3)11-21-19(23-18)16-9-8-10-17(14(16)4)22-20(25)15(5)24-26-6/h8-12H,7H2,1-6H3,(H,22,25)/b24-15+. The van der Waals surface area contributed by atoms with Crippen LogP contribution in [0.15, 0.2) is 29.6 Å². The van der Waals surface area contributed by atoms with Crippen LogP contribution in [0, 0.1) is 13.8 Å². The molecule has 0 spiro atoms. The first-order valence-electron chi connectivity index (χ1n) is 8.71. The molecule has 1 heterocycles. The largest absolute Gasteiger partial charge is 0.399 e. The number of hydrogen-bond donors (Lipinski definition) is 1. The summed E-state index contributed by atoms with van der Waals surface area (Å²) in [6, 6.07) is 5.69. The van der Waals surface area contributed by atoms with Gasteiger partial charge in [-0.05, 0) is 50.3 Å². The van der Waals surface area contributed by atoms with Crippen molar-refractivity contribution in [2.24, 2.45) is 5.16 Å². The van der Waals surface area contributed by atoms with Crippen molar-refractivity contribution in [2.45, 2.75) is 47.0 Å². The summed E-state index contributed by atoms with van der Waals surface area (Å²) in [5.41, 5.74) is 4.92. The topological polar surface area (TPSA) is 76.5 Å². The summed E-state index contributed by atoms with van der Waals surface area (Å²) in [6.07, 6.45) is 2.88. The molecule has 0 aliphatic heterocycles. The van der Waals surface area contributed by atoms with Crippen LogP contribution >= 0.6 is 0 Å². The Morgan fingerprint density at radius 1 is 1.35 bits per heavy atom. The molecule has 0 bridgehead atoms. The van der Waals surface area contributed by atoms with Gasteiger partial charge in [0, 0.05) is 17.4 Å². The predicted octanol–water partition coefficient (Wildman–Crippen LogP) is 4.23. The molecule has 0 saturated carbocycles. The number of benzene rings is 1. The van der Waals surface area contributed by atoms with E-state index in [1.165, 1.54) is 7.11 Å². The lowest BCUT2D eigenvalue weighted by molar-refractivity contribution is -0.110. The van der Waals surface area contributed by atoms with Crippen LogP contribution in [0.3, 0.4) is 0 Å². The molecule has 0 fully saturated rings. The van der Waals surface area contributed by atoms with Crippen LogP contribution in [-0.2, 0) is 9.63 Å². The van der Waals surface area contributed by atoms with Crippen molar-refractivity contribution in [2.75, 3.05) is 12.4 Å². The number of carbonyl (C=O) groups excluding carboxylic acids is 1. The second-order valence-electron chi connectivity index (χ2n) is 6.36. The molecule has 2 aromatic rings. The van der Waals surface area contributed by atoms with Gasteiger partial charge >= 0.3 is 0 Å². The van der Waals surface area contributed by atoms with Crippen molar-refractivity contribution in [3.05, 3.63) is 41.2 Å². The first-order valence-corrected chi connectivity index (χ1v) is 8.71. The Morgan fingerprint density at radius 3 is 2.73 bits per heavy atom. The first kappa shape index (κ1) is 19.6. The van der Waals surface area contributed by atoms with Crippen molar-refractivity contribution < 1.29 is 9.63 Å². The van der Waals surface area contributed by atoms with Gasteiger partial charge in [-0.25, -0.2) is 9.97 Å². The molecule has 0 aliphatic carbocycles. The lowest BCUT2D eigenvalue weighted by atomic mass is 10.00. The fourth-order valence-corrected chi connectivity index (χ4v) is 2.68. The van der Waals surface area contributed by atoms with Gasteiger partial charge in [-0.3, -0.25) is 4.79 Å². The molecule has 1 N–H and O–H groups in total. The Morgan fingerprint density at radius 2 is 2.08 bits per heavy atom. The number of nitrogens with one attached hydrogen (secondary N) is 1. The molecular formula is C20H26N4O2. The molecule has 6 heteroatoms. The van der Waals surface area contributed by atoms with Crippen LogP contribution in [0.25, 0.3) is 11.4 Å². The van der Waals surface area contributed by atoms with E-state index in [0.29, 0.717) is 17.4 Å². The smallest absolute Gasteiger partial charge is 0.273 e. The second kappa shape index (κ2) is 8.56. The zero-order valence-electron chi connectivity index (χ0n) is 16.3. The third kappa shape index (κ3) is 4.25. The summed E-state index contributed by atoms with van der Waals surface area (Å²) in [5.74, 6) is 0.729. The third-order valence-corrected chi connectivity index (χ3v) is 4.47. The highest BCUT2D eigenvalue weighted by Gasteiger charge is 2.15. The summed E-state index contributed by atoms with van der Waals surface area (Å²) >= 11 is 0. The number of aryl methyl sites for hydroxylation is 1. The number of aromatic nitrogens is 2. The Hall–Kier alpha value is -2.76. The highest BCUT2D eigenvalue weighted by atomic mass is 16.6. The monoisotopic (exact) mass is 354 g/mol. The van der Waals surface area contributed by atoms with E-state index in [1.807, 2.05) is 38.2 Å². The molecule has 6 nitrogen and oxygen atoms in total. The second-order valence-corrected chi connectivity index (χ2v) is 6.36. The van der Waals surface area contributed by atoms with Crippen molar-refractivity contribution in [1.29, 1.82) is 0 Å². The molecule has 1 aromatic carbocycles. The van der Waals surface area contributed by atoms with Gasteiger partial charge < -0.3 is 10.2 Å². The summed E-state index contributed by atoms with van der Waals surface area (Å²) in [5, 5.41) is 6.52. The van der Waals surface area contributed by atoms with E-state index in [0.717, 1.165) is 28.8 Å². The molecule has 26 heavy (non-hydrogen) atoms. The maximum atomic E-state index is 12.2. The number of rotatable bonds is 6. The lowest BCUT2D eigenvalue weighted by Gasteiger charge is -2.15. The van der Waals surface area contributed by atoms with Crippen LogP contribution in [0.1, 0.15) is 49.9 Å². The van der Waals surface area contributed by atoms with E-state index in [9.17, 15) is 4.79 Å². The van der Waals surface area contributed by atoms with Gasteiger partial charge in [0.05, 0.1) is 5.69 Å². The maximum absolute atomic E-state index is 12.2. The zero-order valence-corrected chi connectivity index (χ0v) is 16.3. The average molecular weight is 354 g/mol. The molecular weight excluding hydrogens is 328 g/mol. The Labute approximate surface area is 154 Å². The molecule has 0 aliphatic rings. The van der Waals surface area contributed by atoms with E-state index in [-0.39, 0.29) is 11.6 Å². The zero-order chi connectivity index (χ0) is 19.3. The summed E-state index contributed by atoms with van der Waals surface area (Å²) in [7, 11) is 1.41. The minimum atomic E-state index is -0.308. The molecule has 0 radical (unpaired) electrons. The number of nitrogens with zero attached hydrogens (tertiary/aromatic N) is 3. The minimum Gasteiger partial charge on any atom is -0.399 e. The highest BCUT2D eigenvalue weighted by molar-refractivity contribution is 6.42. The summed E-state index contributed by atoms with van der Waals surface area (Å²) in [4.78, 5) is 26.1. The third-order valence-electron chi connectivity index (χ3n) is 4.47. The molecule has 138 valence electrons. The minimum absolute atomic E-state index is 0.253. The number of anilines is 1. The lowest BCUT2D eigenvalue weighted by Crippen LogP contribution is -2.21. The number of oxime groups is 1. The van der Waals surface area contributed by atoms with E-state index in [4.69, 9.17) is 4.98 Å². The maximum Gasteiger partial charge on any atom is 0.273 e. The Balaban J connectivity index is 2.41. The highest BCUT2D eigenvalue weighted by Crippen LogP contribution is 2.28. The Bertz CT molecular complexity index is 831. The predicted molar refractivity (Wildman–Crippen MR) is 104 cm³/mol. The summed E-state index contributed by atoms with van der Waals surface area (Å²) < 4.78 is 0. The van der Waals surface area contributed by atoms with Gasteiger partial charge in [-0.15, -0.1) is 0 Å². The van der Waals surface area contributed by atoms with Crippen LogP contribution in [0.5, 0.6) is 0 Å².